The van der Waals surface area contributed by atoms with Crippen LogP contribution in [-0.4, -0.2) is 24.9 Å². The Bertz CT molecular complexity index is 1320. The monoisotopic (exact) mass is 486 g/mol. The molecular formula is C23H15FN8S2. The molecule has 1 aromatic carbocycles. The fourth-order valence-corrected chi connectivity index (χ4v) is 4.08. The van der Waals surface area contributed by atoms with Gasteiger partial charge in [0, 0.05) is 18.9 Å². The van der Waals surface area contributed by atoms with Crippen LogP contribution in [0.3, 0.4) is 0 Å². The summed E-state index contributed by atoms with van der Waals surface area (Å²) in [6.45, 7) is 2.03. The summed E-state index contributed by atoms with van der Waals surface area (Å²) in [5, 5.41) is 23.0. The number of anilines is 1. The predicted molar refractivity (Wildman–Crippen MR) is 124 cm³/mol. The van der Waals surface area contributed by atoms with E-state index in [9.17, 15) is 4.39 Å². The molecule has 0 aliphatic carbocycles. The Labute approximate surface area is 203 Å². The fraction of sp³-hybridized carbons (Fsp3) is 0.0870. The molecule has 0 atom stereocenters. The van der Waals surface area contributed by atoms with Gasteiger partial charge in [-0.05, 0) is 71.9 Å². The molecule has 166 valence electrons. The van der Waals surface area contributed by atoms with Crippen LogP contribution in [0.1, 0.15) is 22.3 Å². The highest BCUT2D eigenvalue weighted by molar-refractivity contribution is 7.99. The van der Waals surface area contributed by atoms with Crippen LogP contribution in [0.5, 0.6) is 0 Å². The summed E-state index contributed by atoms with van der Waals surface area (Å²) in [5.41, 5.74) is 2.23. The number of hydrogen-bond donors (Lipinski definition) is 1. The van der Waals surface area contributed by atoms with Crippen molar-refractivity contribution in [3.63, 3.8) is 0 Å². The minimum atomic E-state index is -0.277. The van der Waals surface area contributed by atoms with Crippen LogP contribution >= 0.6 is 23.5 Å². The number of aryl methyl sites for hydroxylation is 1. The van der Waals surface area contributed by atoms with E-state index < -0.39 is 0 Å². The molecule has 3 heterocycles. The van der Waals surface area contributed by atoms with Gasteiger partial charge in [0.05, 0.1) is 11.1 Å². The molecule has 11 heteroatoms. The van der Waals surface area contributed by atoms with E-state index in [4.69, 9.17) is 10.5 Å². The van der Waals surface area contributed by atoms with Crippen molar-refractivity contribution in [1.82, 2.24) is 24.9 Å². The van der Waals surface area contributed by atoms with Crippen molar-refractivity contribution < 1.29 is 4.39 Å². The minimum absolute atomic E-state index is 0.277. The first-order valence-electron chi connectivity index (χ1n) is 9.85. The summed E-state index contributed by atoms with van der Waals surface area (Å²) >= 11 is 2.44. The highest BCUT2D eigenvalue weighted by Gasteiger charge is 2.12. The van der Waals surface area contributed by atoms with Gasteiger partial charge in [0.25, 0.3) is 0 Å². The fourth-order valence-electron chi connectivity index (χ4n) is 2.64. The molecular weight excluding hydrogens is 471 g/mol. The van der Waals surface area contributed by atoms with Gasteiger partial charge in [-0.3, -0.25) is 0 Å². The molecule has 34 heavy (non-hydrogen) atoms. The zero-order valence-corrected chi connectivity index (χ0v) is 19.4. The maximum absolute atomic E-state index is 13.9. The van der Waals surface area contributed by atoms with Crippen LogP contribution in [0, 0.1) is 35.4 Å². The SMILES string of the molecule is Cc1ccc(CNc2nc(Sc3ccc(C#N)cn3)nc(Sc3ccc(C#N)cn3)n2)cc1F. The van der Waals surface area contributed by atoms with Gasteiger partial charge in [-0.2, -0.15) is 25.5 Å². The molecule has 0 amide bonds. The first-order chi connectivity index (χ1) is 16.5. The normalized spacial score (nSPS) is 10.4. The van der Waals surface area contributed by atoms with Gasteiger partial charge < -0.3 is 5.32 Å². The van der Waals surface area contributed by atoms with Gasteiger partial charge in [0.15, 0.2) is 10.3 Å². The summed E-state index contributed by atoms with van der Waals surface area (Å²) in [5.74, 6) is 0.0319. The zero-order chi connectivity index (χ0) is 23.9. The third-order valence-electron chi connectivity index (χ3n) is 4.40. The lowest BCUT2D eigenvalue weighted by atomic mass is 10.1. The number of nitrogens with one attached hydrogen (secondary N) is 1. The van der Waals surface area contributed by atoms with Crippen molar-refractivity contribution in [3.05, 3.63) is 82.9 Å². The molecule has 4 rings (SSSR count). The summed E-state index contributed by atoms with van der Waals surface area (Å²) < 4.78 is 13.9. The number of aromatic nitrogens is 5. The quantitative estimate of drug-likeness (QED) is 0.391. The second kappa shape index (κ2) is 10.7. The molecule has 0 saturated carbocycles. The Morgan fingerprint density at radius 3 is 1.91 bits per heavy atom. The largest absolute Gasteiger partial charge is 0.350 e. The van der Waals surface area contributed by atoms with Gasteiger partial charge in [0.2, 0.25) is 5.95 Å². The molecule has 0 fully saturated rings. The average molecular weight is 487 g/mol. The molecule has 1 N–H and O–H groups in total. The van der Waals surface area contributed by atoms with Crippen LogP contribution in [0.15, 0.2) is 75.2 Å². The molecule has 0 radical (unpaired) electrons. The number of nitriles is 2. The smallest absolute Gasteiger partial charge is 0.227 e. The van der Waals surface area contributed by atoms with Gasteiger partial charge >= 0.3 is 0 Å². The van der Waals surface area contributed by atoms with Crippen molar-refractivity contribution >= 4 is 29.5 Å². The molecule has 3 aromatic heterocycles. The van der Waals surface area contributed by atoms with Crippen molar-refractivity contribution in [1.29, 1.82) is 10.5 Å². The number of benzene rings is 1. The molecule has 8 nitrogen and oxygen atoms in total. The van der Waals surface area contributed by atoms with Gasteiger partial charge in [0.1, 0.15) is 28.0 Å². The van der Waals surface area contributed by atoms with Crippen molar-refractivity contribution in [2.24, 2.45) is 0 Å². The molecule has 0 unspecified atom stereocenters. The van der Waals surface area contributed by atoms with Crippen molar-refractivity contribution in [2.75, 3.05) is 5.32 Å². The summed E-state index contributed by atoms with van der Waals surface area (Å²) in [6, 6.07) is 15.8. The number of pyridine rings is 2. The number of halogens is 1. The summed E-state index contributed by atoms with van der Waals surface area (Å²) in [4.78, 5) is 21.9. The molecule has 0 aliphatic rings. The van der Waals surface area contributed by atoms with Gasteiger partial charge in [-0.1, -0.05) is 12.1 Å². The number of rotatable bonds is 7. The van der Waals surface area contributed by atoms with E-state index in [2.05, 4.69) is 30.2 Å². The number of nitrogens with zero attached hydrogens (tertiary/aromatic N) is 7. The highest BCUT2D eigenvalue weighted by atomic mass is 32.2. The average Bonchev–Trinajstić information content (AvgIpc) is 2.85. The Hall–Kier alpha value is -4.06. The third kappa shape index (κ3) is 6.04. The minimum Gasteiger partial charge on any atom is -0.350 e. The van der Waals surface area contributed by atoms with Crippen LogP contribution < -0.4 is 5.32 Å². The van der Waals surface area contributed by atoms with Crippen LogP contribution in [0.4, 0.5) is 10.3 Å². The maximum atomic E-state index is 13.9. The maximum Gasteiger partial charge on any atom is 0.227 e. The lowest BCUT2D eigenvalue weighted by Gasteiger charge is -2.09. The van der Waals surface area contributed by atoms with E-state index in [-0.39, 0.29) is 5.82 Å². The number of hydrogen-bond acceptors (Lipinski definition) is 10. The first kappa shape index (κ1) is 23.1. The molecule has 0 aliphatic heterocycles. The van der Waals surface area contributed by atoms with E-state index in [1.54, 1.807) is 37.3 Å². The Morgan fingerprint density at radius 2 is 1.44 bits per heavy atom. The Balaban J connectivity index is 1.59. The summed E-state index contributed by atoms with van der Waals surface area (Å²) in [6.07, 6.45) is 2.95. The molecule has 0 saturated heterocycles. The second-order valence-electron chi connectivity index (χ2n) is 6.86. The topological polar surface area (TPSA) is 124 Å². The summed E-state index contributed by atoms with van der Waals surface area (Å²) in [7, 11) is 0. The lowest BCUT2D eigenvalue weighted by Crippen LogP contribution is -2.07. The molecule has 0 bridgehead atoms. The highest BCUT2D eigenvalue weighted by Crippen LogP contribution is 2.28. The second-order valence-corrected chi connectivity index (χ2v) is 8.83. The zero-order valence-electron chi connectivity index (χ0n) is 17.7. The lowest BCUT2D eigenvalue weighted by molar-refractivity contribution is 0.616. The van der Waals surface area contributed by atoms with E-state index >= 15 is 0 Å². The first-order valence-corrected chi connectivity index (χ1v) is 11.5. The van der Waals surface area contributed by atoms with Gasteiger partial charge in [-0.25, -0.2) is 14.4 Å². The van der Waals surface area contributed by atoms with Crippen LogP contribution in [0.25, 0.3) is 0 Å². The third-order valence-corrected chi connectivity index (χ3v) is 6.04. The van der Waals surface area contributed by atoms with Crippen LogP contribution in [-0.2, 0) is 6.54 Å². The Morgan fingerprint density at radius 1 is 0.853 bits per heavy atom. The molecule has 0 spiro atoms. The van der Waals surface area contributed by atoms with Crippen LogP contribution in [0.2, 0.25) is 0 Å². The Kier molecular flexibility index (Phi) is 7.28. The van der Waals surface area contributed by atoms with Crippen molar-refractivity contribution in [3.8, 4) is 12.1 Å². The van der Waals surface area contributed by atoms with E-state index in [1.165, 1.54) is 42.0 Å². The van der Waals surface area contributed by atoms with Crippen molar-refractivity contribution in [2.45, 2.75) is 33.8 Å². The van der Waals surface area contributed by atoms with E-state index in [0.717, 1.165) is 5.56 Å². The van der Waals surface area contributed by atoms with E-state index in [0.29, 0.717) is 49.5 Å². The predicted octanol–water partition coefficient (Wildman–Crippen LogP) is 4.77. The van der Waals surface area contributed by atoms with Gasteiger partial charge in [-0.15, -0.1) is 0 Å². The van der Waals surface area contributed by atoms with E-state index in [1.807, 2.05) is 18.2 Å². The molecule has 4 aromatic rings. The standard InChI is InChI=1S/C23H15FN8S2/c1-14-2-3-15(8-18(14)24)11-29-21-30-22(33-19-6-4-16(9-25)12-27-19)32-23(31-21)34-20-7-5-17(10-26)13-28-20/h2-8,12-13H,11H2,1H3,(H,29,30,31,32).